The van der Waals surface area contributed by atoms with Crippen LogP contribution in [0, 0.1) is 23.7 Å². The van der Waals surface area contributed by atoms with Crippen LogP contribution in [-0.2, 0) is 23.7 Å². The molecule has 0 radical (unpaired) electrons. The van der Waals surface area contributed by atoms with Gasteiger partial charge in [-0.05, 0) is 95.5 Å². The lowest BCUT2D eigenvalue weighted by atomic mass is 9.88. The van der Waals surface area contributed by atoms with Gasteiger partial charge in [-0.25, -0.2) is 0 Å². The third-order valence-corrected chi connectivity index (χ3v) is 8.33. The highest BCUT2D eigenvalue weighted by molar-refractivity contribution is 5.81. The predicted molar refractivity (Wildman–Crippen MR) is 138 cm³/mol. The summed E-state index contributed by atoms with van der Waals surface area (Å²) >= 11 is 0. The first-order chi connectivity index (χ1) is 17.0. The van der Waals surface area contributed by atoms with Crippen molar-refractivity contribution in [3.8, 4) is 0 Å². The van der Waals surface area contributed by atoms with E-state index in [1.165, 1.54) is 18.4 Å². The zero-order valence-electron chi connectivity index (χ0n) is 22.3. The molecule has 2 saturated carbocycles. The summed E-state index contributed by atoms with van der Waals surface area (Å²) in [5, 5.41) is 0. The molecule has 0 bridgehead atoms. The summed E-state index contributed by atoms with van der Waals surface area (Å²) in [7, 11) is 0. The second-order valence-corrected chi connectivity index (χ2v) is 11.7. The van der Waals surface area contributed by atoms with Crippen molar-refractivity contribution in [1.82, 2.24) is 0 Å². The second-order valence-electron chi connectivity index (χ2n) is 11.7. The van der Waals surface area contributed by atoms with Crippen LogP contribution in [0.15, 0.2) is 23.5 Å². The number of carbonyl (C=O) groups is 1. The fourth-order valence-electron chi connectivity index (χ4n) is 6.41. The molecule has 2 heterocycles. The molecule has 0 N–H and O–H groups in total. The van der Waals surface area contributed by atoms with Crippen molar-refractivity contribution in [3.63, 3.8) is 0 Å². The molecule has 2 saturated heterocycles. The molecule has 35 heavy (non-hydrogen) atoms. The van der Waals surface area contributed by atoms with E-state index in [-0.39, 0.29) is 24.6 Å². The summed E-state index contributed by atoms with van der Waals surface area (Å²) in [6, 6.07) is 0. The van der Waals surface area contributed by atoms with Crippen molar-refractivity contribution in [2.75, 3.05) is 13.2 Å². The maximum Gasteiger partial charge on any atom is 0.199 e. The van der Waals surface area contributed by atoms with Crippen LogP contribution in [0.5, 0.6) is 0 Å². The van der Waals surface area contributed by atoms with Crippen molar-refractivity contribution in [3.05, 3.63) is 23.5 Å². The molecule has 0 spiro atoms. The van der Waals surface area contributed by atoms with E-state index in [1.807, 2.05) is 0 Å². The minimum Gasteiger partial charge on any atom is -0.469 e. The van der Waals surface area contributed by atoms with Gasteiger partial charge in [-0.1, -0.05) is 25.0 Å². The highest BCUT2D eigenvalue weighted by Crippen LogP contribution is 2.51. The Morgan fingerprint density at radius 2 is 1.77 bits per heavy atom. The van der Waals surface area contributed by atoms with Crippen LogP contribution < -0.4 is 0 Å². The van der Waals surface area contributed by atoms with Gasteiger partial charge in [0, 0.05) is 31.8 Å². The van der Waals surface area contributed by atoms with Gasteiger partial charge in [0.05, 0.1) is 12.7 Å². The van der Waals surface area contributed by atoms with Gasteiger partial charge in [-0.3, -0.25) is 4.79 Å². The molecule has 3 unspecified atom stereocenters. The topological polar surface area (TPSA) is 54.0 Å². The Balaban J connectivity index is 1.48. The average Bonchev–Trinajstić information content (AvgIpc) is 3.36. The third-order valence-electron chi connectivity index (χ3n) is 8.33. The molecule has 4 aliphatic rings. The lowest BCUT2D eigenvalue weighted by Gasteiger charge is -2.34. The maximum absolute atomic E-state index is 12.4. The van der Waals surface area contributed by atoms with Crippen LogP contribution in [0.4, 0.5) is 0 Å². The van der Waals surface area contributed by atoms with Crippen molar-refractivity contribution in [2.45, 2.75) is 123 Å². The summed E-state index contributed by atoms with van der Waals surface area (Å²) in [6.07, 6.45) is 17.7. The molecule has 7 atom stereocenters. The Morgan fingerprint density at radius 1 is 1.03 bits per heavy atom. The van der Waals surface area contributed by atoms with Gasteiger partial charge < -0.3 is 18.9 Å². The molecule has 0 aromatic rings. The Morgan fingerprint density at radius 3 is 2.46 bits per heavy atom. The SMILES string of the molecule is CC(C)=CCCCC(C)CC=C(OC1CCCCO1)[C@H]1[C@@H]2CC(=O)C[C@@H]2C[C@@H]1OC1CCCCO1. The summed E-state index contributed by atoms with van der Waals surface area (Å²) < 4.78 is 25.2. The average molecular weight is 489 g/mol. The van der Waals surface area contributed by atoms with E-state index in [4.69, 9.17) is 18.9 Å². The number of fused-ring (bicyclic) bond motifs is 1. The van der Waals surface area contributed by atoms with Crippen LogP contribution >= 0.6 is 0 Å². The van der Waals surface area contributed by atoms with Crippen molar-refractivity contribution in [2.24, 2.45) is 23.7 Å². The molecular weight excluding hydrogens is 440 g/mol. The van der Waals surface area contributed by atoms with Crippen LogP contribution in [0.25, 0.3) is 0 Å². The number of unbranched alkanes of at least 4 members (excludes halogenated alkanes) is 1. The minimum atomic E-state index is -0.175. The Bertz CT molecular complexity index is 727. The largest absolute Gasteiger partial charge is 0.469 e. The lowest BCUT2D eigenvalue weighted by Crippen LogP contribution is -2.34. The van der Waals surface area contributed by atoms with Gasteiger partial charge in [0.2, 0.25) is 0 Å². The smallest absolute Gasteiger partial charge is 0.199 e. The van der Waals surface area contributed by atoms with Gasteiger partial charge in [0.15, 0.2) is 12.6 Å². The van der Waals surface area contributed by atoms with E-state index >= 15 is 0 Å². The van der Waals surface area contributed by atoms with Crippen LogP contribution in [0.2, 0.25) is 0 Å². The Hall–Kier alpha value is -1.17. The second kappa shape index (κ2) is 13.4. The van der Waals surface area contributed by atoms with Crippen LogP contribution in [-0.4, -0.2) is 37.7 Å². The number of hydrogen-bond acceptors (Lipinski definition) is 5. The monoisotopic (exact) mass is 488 g/mol. The Labute approximate surface area is 213 Å². The third kappa shape index (κ3) is 7.90. The number of ketones is 1. The molecule has 4 fully saturated rings. The van der Waals surface area contributed by atoms with Crippen molar-refractivity contribution >= 4 is 5.78 Å². The van der Waals surface area contributed by atoms with Gasteiger partial charge in [-0.15, -0.1) is 0 Å². The number of ether oxygens (including phenoxy) is 4. The summed E-state index contributed by atoms with van der Waals surface area (Å²) in [5.41, 5.74) is 1.40. The standard InChI is InChI=1S/C30H48O5/c1-21(2)10-4-5-11-22(3)14-15-26(34-28-12-6-8-16-32-28)30-25-20-24(31)18-23(25)19-27(30)35-29-13-7-9-17-33-29/h10,15,22-23,25,27-30H,4-9,11-14,16-20H2,1-3H3/t22?,23-,25-,27+,28?,29?,30-/m1/s1. The lowest BCUT2D eigenvalue weighted by molar-refractivity contribution is -0.201. The number of rotatable bonds is 11. The number of carbonyl (C=O) groups excluding carboxylic acids is 1. The first-order valence-corrected chi connectivity index (χ1v) is 14.4. The van der Waals surface area contributed by atoms with Gasteiger partial charge in [0.25, 0.3) is 0 Å². The van der Waals surface area contributed by atoms with Gasteiger partial charge >= 0.3 is 0 Å². The summed E-state index contributed by atoms with van der Waals surface area (Å²) in [5.74, 6) is 2.87. The first-order valence-electron chi connectivity index (χ1n) is 14.4. The van der Waals surface area contributed by atoms with E-state index in [2.05, 4.69) is 32.9 Å². The number of Topliss-reactive ketones (excluding diaryl/α,β-unsaturated/α-hetero) is 1. The summed E-state index contributed by atoms with van der Waals surface area (Å²) in [4.78, 5) is 12.4. The van der Waals surface area contributed by atoms with Crippen LogP contribution in [0.3, 0.4) is 0 Å². The van der Waals surface area contributed by atoms with Crippen LogP contribution in [0.1, 0.15) is 104 Å². The normalized spacial score (nSPS) is 34.5. The quantitative estimate of drug-likeness (QED) is 0.176. The van der Waals surface area contributed by atoms with E-state index in [1.54, 1.807) is 0 Å². The summed E-state index contributed by atoms with van der Waals surface area (Å²) in [6.45, 7) is 8.23. The highest BCUT2D eigenvalue weighted by Gasteiger charge is 2.51. The van der Waals surface area contributed by atoms with Crippen molar-refractivity contribution < 1.29 is 23.7 Å². The molecule has 198 valence electrons. The molecule has 5 heteroatoms. The molecular formula is C30H48O5. The van der Waals surface area contributed by atoms with Gasteiger partial charge in [-0.2, -0.15) is 0 Å². The molecule has 2 aliphatic carbocycles. The molecule has 0 aromatic heterocycles. The van der Waals surface area contributed by atoms with Crippen molar-refractivity contribution in [1.29, 1.82) is 0 Å². The van der Waals surface area contributed by atoms with E-state index < -0.39 is 0 Å². The zero-order chi connectivity index (χ0) is 24.6. The predicted octanol–water partition coefficient (Wildman–Crippen LogP) is 7.10. The number of hydrogen-bond donors (Lipinski definition) is 0. The first kappa shape index (κ1) is 26.9. The molecule has 5 nitrogen and oxygen atoms in total. The fourth-order valence-corrected chi connectivity index (χ4v) is 6.41. The highest BCUT2D eigenvalue weighted by atomic mass is 16.7. The fraction of sp³-hybridized carbons (Fsp3) is 0.833. The maximum atomic E-state index is 12.4. The molecule has 0 aromatic carbocycles. The zero-order valence-corrected chi connectivity index (χ0v) is 22.3. The molecule has 0 amide bonds. The van der Waals surface area contributed by atoms with Gasteiger partial charge in [0.1, 0.15) is 11.5 Å². The van der Waals surface area contributed by atoms with E-state index in [0.717, 1.165) is 76.8 Å². The Kier molecular flexibility index (Phi) is 10.3. The van der Waals surface area contributed by atoms with E-state index in [0.29, 0.717) is 36.4 Å². The van der Waals surface area contributed by atoms with E-state index in [9.17, 15) is 4.79 Å². The molecule has 2 aliphatic heterocycles. The minimum absolute atomic E-state index is 0.0593. The molecule has 4 rings (SSSR count). The number of allylic oxidation sites excluding steroid dienone is 3.